The normalized spacial score (nSPS) is 11.0. The zero-order valence-corrected chi connectivity index (χ0v) is 15.0. The number of amides is 1. The third-order valence-corrected chi connectivity index (χ3v) is 4.15. The van der Waals surface area contributed by atoms with Gasteiger partial charge in [0.05, 0.1) is 36.3 Å². The number of fused-ring (bicyclic) bond motifs is 1. The second kappa shape index (κ2) is 7.53. The number of carbonyl (C=O) groups is 1. The lowest BCUT2D eigenvalue weighted by Gasteiger charge is -2.11. The average molecular weight is 355 g/mol. The van der Waals surface area contributed by atoms with Gasteiger partial charge in [0.2, 0.25) is 0 Å². The average Bonchev–Trinajstić information content (AvgIpc) is 2.98. The number of nitrogens with one attached hydrogen (secondary N) is 1. The lowest BCUT2D eigenvalue weighted by molar-refractivity contribution is 0.0948. The van der Waals surface area contributed by atoms with E-state index < -0.39 is 0 Å². The molecule has 2 heterocycles. The predicted octanol–water partition coefficient (Wildman–Crippen LogP) is 2.18. The van der Waals surface area contributed by atoms with Crippen molar-refractivity contribution in [2.24, 2.45) is 0 Å². The van der Waals surface area contributed by atoms with Gasteiger partial charge in [-0.15, -0.1) is 0 Å². The van der Waals surface area contributed by atoms with Crippen molar-refractivity contribution >= 4 is 16.7 Å². The number of hydrogen-bond donors (Lipinski definition) is 1. The first-order chi connectivity index (χ1) is 12.5. The van der Waals surface area contributed by atoms with E-state index in [4.69, 9.17) is 9.15 Å². The minimum absolute atomic E-state index is 0.172. The maximum absolute atomic E-state index is 12.5. The zero-order chi connectivity index (χ0) is 18.7. The Bertz CT molecular complexity index is 1000. The van der Waals surface area contributed by atoms with Crippen LogP contribution in [0.2, 0.25) is 0 Å². The molecule has 0 aliphatic heterocycles. The first-order valence-corrected chi connectivity index (χ1v) is 8.34. The van der Waals surface area contributed by atoms with Crippen molar-refractivity contribution in [1.29, 1.82) is 0 Å². The van der Waals surface area contributed by atoms with Crippen LogP contribution in [0.25, 0.3) is 10.8 Å². The number of nitrogens with zero attached hydrogens (tertiary/aromatic N) is 2. The first-order valence-electron chi connectivity index (χ1n) is 8.34. The topological polar surface area (TPSA) is 86.4 Å². The SMILES string of the molecule is COCCn1nc(CNC(=O)c2cc(C)oc2C)c2ccccc2c1=O. The maximum Gasteiger partial charge on any atom is 0.274 e. The summed E-state index contributed by atoms with van der Waals surface area (Å²) in [5.74, 6) is 1.02. The molecule has 0 atom stereocenters. The van der Waals surface area contributed by atoms with Crippen molar-refractivity contribution in [2.75, 3.05) is 13.7 Å². The van der Waals surface area contributed by atoms with Gasteiger partial charge in [0, 0.05) is 12.5 Å². The Balaban J connectivity index is 1.91. The third kappa shape index (κ3) is 3.52. The summed E-state index contributed by atoms with van der Waals surface area (Å²) in [6.45, 7) is 4.48. The monoisotopic (exact) mass is 355 g/mol. The molecule has 0 fully saturated rings. The molecule has 2 aromatic heterocycles. The molecular weight excluding hydrogens is 334 g/mol. The van der Waals surface area contributed by atoms with Gasteiger partial charge in [0.1, 0.15) is 11.5 Å². The second-order valence-electron chi connectivity index (χ2n) is 6.02. The van der Waals surface area contributed by atoms with Crippen molar-refractivity contribution in [3.05, 3.63) is 63.5 Å². The summed E-state index contributed by atoms with van der Waals surface area (Å²) < 4.78 is 11.8. The number of aryl methyl sites for hydroxylation is 2. The summed E-state index contributed by atoms with van der Waals surface area (Å²) in [7, 11) is 1.57. The molecule has 0 radical (unpaired) electrons. The summed E-state index contributed by atoms with van der Waals surface area (Å²) in [4.78, 5) is 25.0. The Hall–Kier alpha value is -2.93. The van der Waals surface area contributed by atoms with E-state index in [0.29, 0.717) is 41.3 Å². The molecule has 7 heteroatoms. The molecule has 1 aromatic carbocycles. The van der Waals surface area contributed by atoms with E-state index in [0.717, 1.165) is 5.39 Å². The molecule has 0 spiro atoms. The lowest BCUT2D eigenvalue weighted by Crippen LogP contribution is -2.29. The summed E-state index contributed by atoms with van der Waals surface area (Å²) >= 11 is 0. The molecule has 0 aliphatic rings. The highest BCUT2D eigenvalue weighted by molar-refractivity contribution is 5.95. The van der Waals surface area contributed by atoms with Gasteiger partial charge in [-0.2, -0.15) is 5.10 Å². The molecule has 1 amide bonds. The van der Waals surface area contributed by atoms with Crippen molar-refractivity contribution in [3.63, 3.8) is 0 Å². The Kier molecular flexibility index (Phi) is 5.18. The van der Waals surface area contributed by atoms with Crippen molar-refractivity contribution in [1.82, 2.24) is 15.1 Å². The van der Waals surface area contributed by atoms with Crippen LogP contribution in [0.15, 0.2) is 39.5 Å². The first kappa shape index (κ1) is 17.9. The highest BCUT2D eigenvalue weighted by atomic mass is 16.5. The molecule has 0 bridgehead atoms. The number of furan rings is 1. The van der Waals surface area contributed by atoms with Gasteiger partial charge >= 0.3 is 0 Å². The van der Waals surface area contributed by atoms with E-state index in [2.05, 4.69) is 10.4 Å². The number of benzene rings is 1. The molecule has 0 saturated carbocycles. The number of carbonyl (C=O) groups excluding carboxylic acids is 1. The number of aromatic nitrogens is 2. The highest BCUT2D eigenvalue weighted by Gasteiger charge is 2.15. The molecule has 0 unspecified atom stereocenters. The fourth-order valence-electron chi connectivity index (χ4n) is 2.88. The molecule has 0 saturated heterocycles. The fraction of sp³-hybridized carbons (Fsp3) is 0.316. The number of methoxy groups -OCH3 is 1. The van der Waals surface area contributed by atoms with Gasteiger partial charge in [-0.25, -0.2) is 4.68 Å². The van der Waals surface area contributed by atoms with Gasteiger partial charge < -0.3 is 14.5 Å². The van der Waals surface area contributed by atoms with Gasteiger partial charge in [0.25, 0.3) is 11.5 Å². The molecule has 3 aromatic rings. The van der Waals surface area contributed by atoms with Crippen LogP contribution >= 0.6 is 0 Å². The van der Waals surface area contributed by atoms with Crippen molar-refractivity contribution < 1.29 is 13.9 Å². The Morgan fingerprint density at radius 1 is 1.27 bits per heavy atom. The van der Waals surface area contributed by atoms with Crippen LogP contribution < -0.4 is 10.9 Å². The summed E-state index contributed by atoms with van der Waals surface area (Å²) in [6.07, 6.45) is 0. The van der Waals surface area contributed by atoms with Crippen LogP contribution in [0.5, 0.6) is 0 Å². The smallest absolute Gasteiger partial charge is 0.274 e. The molecule has 3 rings (SSSR count). The lowest BCUT2D eigenvalue weighted by atomic mass is 10.1. The molecule has 1 N–H and O–H groups in total. The van der Waals surface area contributed by atoms with Gasteiger partial charge in [-0.1, -0.05) is 18.2 Å². The van der Waals surface area contributed by atoms with Crippen LogP contribution in [0.4, 0.5) is 0 Å². The van der Waals surface area contributed by atoms with Crippen LogP contribution in [0, 0.1) is 13.8 Å². The van der Waals surface area contributed by atoms with Crippen LogP contribution in [0.1, 0.15) is 27.6 Å². The summed E-state index contributed by atoms with van der Waals surface area (Å²) in [6, 6.07) is 8.95. The van der Waals surface area contributed by atoms with Crippen LogP contribution in [-0.2, 0) is 17.8 Å². The van der Waals surface area contributed by atoms with Gasteiger partial charge in [-0.3, -0.25) is 9.59 Å². The van der Waals surface area contributed by atoms with E-state index >= 15 is 0 Å². The third-order valence-electron chi connectivity index (χ3n) is 4.15. The van der Waals surface area contributed by atoms with E-state index in [1.807, 2.05) is 18.2 Å². The molecule has 26 heavy (non-hydrogen) atoms. The quantitative estimate of drug-likeness (QED) is 0.732. The van der Waals surface area contributed by atoms with E-state index in [-0.39, 0.29) is 18.0 Å². The highest BCUT2D eigenvalue weighted by Crippen LogP contribution is 2.15. The summed E-state index contributed by atoms with van der Waals surface area (Å²) in [5.41, 5.74) is 0.955. The van der Waals surface area contributed by atoms with Crippen molar-refractivity contribution in [2.45, 2.75) is 26.9 Å². The molecule has 0 aliphatic carbocycles. The Morgan fingerprint density at radius 3 is 2.65 bits per heavy atom. The number of hydrogen-bond acceptors (Lipinski definition) is 5. The predicted molar refractivity (Wildman–Crippen MR) is 97.2 cm³/mol. The van der Waals surface area contributed by atoms with Crippen LogP contribution in [0.3, 0.4) is 0 Å². The molecule has 7 nitrogen and oxygen atoms in total. The van der Waals surface area contributed by atoms with E-state index in [1.165, 1.54) is 4.68 Å². The molecule has 136 valence electrons. The van der Waals surface area contributed by atoms with Crippen LogP contribution in [-0.4, -0.2) is 29.4 Å². The second-order valence-corrected chi connectivity index (χ2v) is 6.02. The minimum atomic E-state index is -0.236. The van der Waals surface area contributed by atoms with E-state index in [1.54, 1.807) is 33.1 Å². The maximum atomic E-state index is 12.5. The number of rotatable bonds is 6. The van der Waals surface area contributed by atoms with Crippen molar-refractivity contribution in [3.8, 4) is 0 Å². The zero-order valence-electron chi connectivity index (χ0n) is 15.0. The fourth-order valence-corrected chi connectivity index (χ4v) is 2.88. The Labute approximate surface area is 150 Å². The Morgan fingerprint density at radius 2 is 2.00 bits per heavy atom. The minimum Gasteiger partial charge on any atom is -0.466 e. The largest absolute Gasteiger partial charge is 0.466 e. The number of ether oxygens (including phenoxy) is 1. The molecular formula is C19H21N3O4. The standard InChI is InChI=1S/C19H21N3O4/c1-12-10-16(13(2)26-12)18(23)20-11-17-14-6-4-5-7-15(14)19(24)22(21-17)8-9-25-3/h4-7,10H,8-9,11H2,1-3H3,(H,20,23). The van der Waals surface area contributed by atoms with Gasteiger partial charge in [0.15, 0.2) is 0 Å². The summed E-state index contributed by atoms with van der Waals surface area (Å²) in [5, 5.41) is 8.57. The van der Waals surface area contributed by atoms with E-state index in [9.17, 15) is 9.59 Å². The van der Waals surface area contributed by atoms with Gasteiger partial charge in [-0.05, 0) is 26.0 Å².